The molecule has 8 heteroatoms. The molecule has 2 heterocycles. The zero-order valence-corrected chi connectivity index (χ0v) is 17.6. The van der Waals surface area contributed by atoms with Crippen LogP contribution in [0, 0.1) is 11.3 Å². The van der Waals surface area contributed by atoms with Crippen LogP contribution in [0.3, 0.4) is 0 Å². The maximum absolute atomic E-state index is 7.32. The Kier molecular flexibility index (Phi) is 20.5. The highest BCUT2D eigenvalue weighted by Crippen LogP contribution is 2.06. The molecular formula is C18H26Cl3N5. The predicted octanol–water partition coefficient (Wildman–Crippen LogP) is 4.81. The van der Waals surface area contributed by atoms with Crippen LogP contribution < -0.4 is 11.1 Å². The van der Waals surface area contributed by atoms with E-state index < -0.39 is 0 Å². The van der Waals surface area contributed by atoms with Gasteiger partial charge in [-0.3, -0.25) is 0 Å². The smallest absolute Gasteiger partial charge is 0.129 e. The lowest BCUT2D eigenvalue weighted by molar-refractivity contribution is 0.724. The van der Waals surface area contributed by atoms with Crippen molar-refractivity contribution >= 4 is 34.8 Å². The van der Waals surface area contributed by atoms with Crippen molar-refractivity contribution in [1.82, 2.24) is 15.3 Å². The number of nitrogens with two attached hydrogens (primary N) is 1. The molecule has 5 nitrogen and oxygen atoms in total. The number of rotatable bonds is 4. The van der Waals surface area contributed by atoms with E-state index in [4.69, 9.17) is 45.8 Å². The van der Waals surface area contributed by atoms with Crippen LogP contribution >= 0.6 is 34.8 Å². The van der Waals surface area contributed by atoms with Gasteiger partial charge in [0, 0.05) is 31.7 Å². The summed E-state index contributed by atoms with van der Waals surface area (Å²) in [6.07, 6.45) is 3.44. The molecule has 0 saturated heterocycles. The Hall–Kier alpha value is -1.42. The molecule has 2 aromatic heterocycles. The molecule has 0 fully saturated rings. The molecule has 26 heavy (non-hydrogen) atoms. The number of aromatic nitrogens is 2. The lowest BCUT2D eigenvalue weighted by Crippen LogP contribution is -2.11. The Morgan fingerprint density at radius 2 is 1.46 bits per heavy atom. The van der Waals surface area contributed by atoms with Crippen LogP contribution in [0.15, 0.2) is 36.7 Å². The van der Waals surface area contributed by atoms with Crippen LogP contribution in [-0.4, -0.2) is 23.1 Å². The van der Waals surface area contributed by atoms with Crippen molar-refractivity contribution < 1.29 is 0 Å². The van der Waals surface area contributed by atoms with Gasteiger partial charge in [-0.25, -0.2) is 9.97 Å². The third-order valence-electron chi connectivity index (χ3n) is 2.31. The Labute approximate surface area is 171 Å². The summed E-state index contributed by atoms with van der Waals surface area (Å²) in [5.41, 5.74) is 7.00. The first-order valence-corrected chi connectivity index (χ1v) is 9.26. The van der Waals surface area contributed by atoms with Gasteiger partial charge in [-0.2, -0.15) is 5.26 Å². The second kappa shape index (κ2) is 19.9. The number of halogens is 3. The van der Waals surface area contributed by atoms with E-state index in [1.807, 2.05) is 19.1 Å². The van der Waals surface area contributed by atoms with Gasteiger partial charge in [0.2, 0.25) is 0 Å². The molecule has 0 aliphatic rings. The maximum Gasteiger partial charge on any atom is 0.129 e. The highest BCUT2D eigenvalue weighted by molar-refractivity contribution is 6.29. The van der Waals surface area contributed by atoms with Crippen LogP contribution in [0.5, 0.6) is 0 Å². The Balaban J connectivity index is 0. The second-order valence-corrected chi connectivity index (χ2v) is 5.57. The highest BCUT2D eigenvalue weighted by Gasteiger charge is 1.91. The Morgan fingerprint density at radius 3 is 1.77 bits per heavy atom. The molecule has 0 spiro atoms. The topological polar surface area (TPSA) is 87.6 Å². The summed E-state index contributed by atoms with van der Waals surface area (Å²) in [5.74, 6) is 0.490. The number of nitrogens with one attached hydrogen (secondary N) is 1. The van der Waals surface area contributed by atoms with E-state index >= 15 is 0 Å². The van der Waals surface area contributed by atoms with E-state index in [2.05, 4.69) is 22.2 Å². The van der Waals surface area contributed by atoms with Gasteiger partial charge < -0.3 is 11.1 Å². The fourth-order valence-corrected chi connectivity index (χ4v) is 1.65. The van der Waals surface area contributed by atoms with Crippen LogP contribution in [-0.2, 0) is 12.4 Å². The zero-order chi connectivity index (χ0) is 20.2. The first-order chi connectivity index (χ1) is 12.5. The molecule has 0 aliphatic carbocycles. The van der Waals surface area contributed by atoms with Crippen molar-refractivity contribution in [1.29, 1.82) is 5.26 Å². The van der Waals surface area contributed by atoms with Crippen LogP contribution in [0.25, 0.3) is 0 Å². The molecule has 0 bridgehead atoms. The summed E-state index contributed by atoms with van der Waals surface area (Å²) in [6.45, 7) is 7.99. The lowest BCUT2D eigenvalue weighted by Gasteiger charge is -1.99. The number of nitriles is 1. The van der Waals surface area contributed by atoms with Gasteiger partial charge in [-0.05, 0) is 36.3 Å². The Bertz CT molecular complexity index is 583. The monoisotopic (exact) mass is 417 g/mol. The van der Waals surface area contributed by atoms with Crippen molar-refractivity contribution in [3.63, 3.8) is 0 Å². The molecule has 2 aromatic rings. The summed E-state index contributed by atoms with van der Waals surface area (Å²) in [6, 6.07) is 9.09. The second-order valence-electron chi connectivity index (χ2n) is 4.52. The van der Waals surface area contributed by atoms with Crippen LogP contribution in [0.4, 0.5) is 0 Å². The molecule has 0 saturated carbocycles. The molecule has 3 N–H and O–H groups in total. The van der Waals surface area contributed by atoms with E-state index in [1.165, 1.54) is 6.92 Å². The molecule has 2 rings (SSSR count). The number of hydrogen-bond donors (Lipinski definition) is 2. The van der Waals surface area contributed by atoms with Gasteiger partial charge in [0.1, 0.15) is 10.3 Å². The van der Waals surface area contributed by atoms with Crippen molar-refractivity contribution in [2.45, 2.75) is 33.2 Å². The lowest BCUT2D eigenvalue weighted by atomic mass is 10.3. The SMILES string of the molecule is CC#N.CCN.CCNCc1ccc(Cl)nc1.ClCc1ccc(Cl)nc1. The molecule has 0 amide bonds. The highest BCUT2D eigenvalue weighted by atomic mass is 35.5. The van der Waals surface area contributed by atoms with Crippen LogP contribution in [0.1, 0.15) is 31.9 Å². The normalized spacial score (nSPS) is 8.54. The largest absolute Gasteiger partial charge is 0.331 e. The fraction of sp³-hybridized carbons (Fsp3) is 0.389. The summed E-state index contributed by atoms with van der Waals surface area (Å²) in [4.78, 5) is 7.79. The number of alkyl halides is 1. The minimum atomic E-state index is 0.490. The van der Waals surface area contributed by atoms with E-state index in [-0.39, 0.29) is 0 Å². The summed E-state index contributed by atoms with van der Waals surface area (Å²) >= 11 is 16.6. The molecule has 0 atom stereocenters. The molecule has 0 aromatic carbocycles. The maximum atomic E-state index is 7.32. The quantitative estimate of drug-likeness (QED) is 0.549. The Morgan fingerprint density at radius 1 is 1.04 bits per heavy atom. The van der Waals surface area contributed by atoms with Gasteiger partial charge in [0.05, 0.1) is 6.07 Å². The summed E-state index contributed by atoms with van der Waals surface area (Å²) in [7, 11) is 0. The van der Waals surface area contributed by atoms with Gasteiger partial charge in [-0.1, -0.05) is 49.2 Å². The number of nitrogens with zero attached hydrogens (tertiary/aromatic N) is 3. The van der Waals surface area contributed by atoms with E-state index in [9.17, 15) is 0 Å². The fourth-order valence-electron chi connectivity index (χ4n) is 1.27. The van der Waals surface area contributed by atoms with Crippen molar-refractivity contribution in [3.8, 4) is 6.07 Å². The molecule has 0 unspecified atom stereocenters. The summed E-state index contributed by atoms with van der Waals surface area (Å²) < 4.78 is 0. The minimum absolute atomic E-state index is 0.490. The van der Waals surface area contributed by atoms with E-state index in [0.29, 0.717) is 16.2 Å². The van der Waals surface area contributed by atoms with Crippen molar-refractivity contribution in [2.24, 2.45) is 5.73 Å². The average Bonchev–Trinajstić information content (AvgIpc) is 2.64. The zero-order valence-electron chi connectivity index (χ0n) is 15.3. The molecule has 0 radical (unpaired) electrons. The van der Waals surface area contributed by atoms with Gasteiger partial charge in [0.15, 0.2) is 0 Å². The minimum Gasteiger partial charge on any atom is -0.331 e. The number of hydrogen-bond acceptors (Lipinski definition) is 5. The molecule has 0 aliphatic heterocycles. The first-order valence-electron chi connectivity index (χ1n) is 7.97. The summed E-state index contributed by atoms with van der Waals surface area (Å²) in [5, 5.41) is 11.6. The first kappa shape index (κ1) is 26.8. The number of pyridine rings is 2. The van der Waals surface area contributed by atoms with E-state index in [0.717, 1.165) is 30.8 Å². The van der Waals surface area contributed by atoms with Gasteiger partial charge >= 0.3 is 0 Å². The van der Waals surface area contributed by atoms with Crippen molar-refractivity contribution in [3.05, 3.63) is 58.1 Å². The standard InChI is InChI=1S/C8H11ClN2.C6H5Cl2N.C2H7N.C2H3N/c1-2-10-5-7-3-4-8(9)11-6-7;7-3-5-1-2-6(8)9-4-5;2*1-2-3/h3-4,6,10H,2,5H2,1H3;1-2,4H,3H2;2-3H2,1H3;1H3. The average molecular weight is 419 g/mol. The van der Waals surface area contributed by atoms with Crippen molar-refractivity contribution in [2.75, 3.05) is 13.1 Å². The molecular weight excluding hydrogens is 393 g/mol. The van der Waals surface area contributed by atoms with Gasteiger partial charge in [-0.15, -0.1) is 11.6 Å². The molecule has 144 valence electrons. The van der Waals surface area contributed by atoms with Crippen LogP contribution in [0.2, 0.25) is 10.3 Å². The van der Waals surface area contributed by atoms with E-state index in [1.54, 1.807) is 30.6 Å². The predicted molar refractivity (Wildman–Crippen MR) is 111 cm³/mol. The third kappa shape index (κ3) is 17.4. The van der Waals surface area contributed by atoms with Gasteiger partial charge in [0.25, 0.3) is 0 Å². The third-order valence-corrected chi connectivity index (χ3v) is 3.07.